The van der Waals surface area contributed by atoms with Gasteiger partial charge >= 0.3 is 5.97 Å². The Hall–Kier alpha value is -1.44. The predicted octanol–water partition coefficient (Wildman–Crippen LogP) is -0.0240. The topological polar surface area (TPSA) is 102 Å². The fraction of sp³-hybridized carbons (Fsp3) is 0.727. The van der Waals surface area contributed by atoms with Gasteiger partial charge in [0, 0.05) is 13.0 Å². The first-order valence-corrected chi connectivity index (χ1v) is 8.05. The number of carbonyl (C=O) groups is 1. The summed E-state index contributed by atoms with van der Waals surface area (Å²) in [5, 5.41) is 13.3. The zero-order chi connectivity index (χ0) is 14.0. The first kappa shape index (κ1) is 14.0. The largest absolute Gasteiger partial charge is 0.481 e. The molecule has 2 rings (SSSR count). The van der Waals surface area contributed by atoms with E-state index in [0.29, 0.717) is 18.8 Å². The van der Waals surface area contributed by atoms with Gasteiger partial charge in [-0.25, -0.2) is 13.4 Å². The highest BCUT2D eigenvalue weighted by Gasteiger charge is 2.38. The van der Waals surface area contributed by atoms with E-state index in [0.717, 1.165) is 0 Å². The SMILES string of the molecule is CCn1ncnc1CC(C(=O)O)C1CCS(=O)(=O)C1. The van der Waals surface area contributed by atoms with E-state index in [1.54, 1.807) is 4.68 Å². The normalized spacial score (nSPS) is 23.3. The summed E-state index contributed by atoms with van der Waals surface area (Å²) in [5.74, 6) is -1.37. The molecule has 1 aliphatic rings. The van der Waals surface area contributed by atoms with Crippen LogP contribution in [-0.2, 0) is 27.6 Å². The van der Waals surface area contributed by atoms with E-state index in [1.807, 2.05) is 6.92 Å². The van der Waals surface area contributed by atoms with Crippen LogP contribution in [0.15, 0.2) is 6.33 Å². The first-order valence-electron chi connectivity index (χ1n) is 6.23. The molecular weight excluding hydrogens is 270 g/mol. The summed E-state index contributed by atoms with van der Waals surface area (Å²) < 4.78 is 24.6. The van der Waals surface area contributed by atoms with Crippen molar-refractivity contribution in [3.05, 3.63) is 12.2 Å². The van der Waals surface area contributed by atoms with Gasteiger partial charge in [-0.1, -0.05) is 0 Å². The summed E-state index contributed by atoms with van der Waals surface area (Å²) in [6, 6.07) is 0. The van der Waals surface area contributed by atoms with Gasteiger partial charge in [0.15, 0.2) is 9.84 Å². The second kappa shape index (κ2) is 5.28. The Morgan fingerprint density at radius 3 is 2.89 bits per heavy atom. The molecule has 0 amide bonds. The number of hydrogen-bond donors (Lipinski definition) is 1. The third-order valence-corrected chi connectivity index (χ3v) is 5.35. The van der Waals surface area contributed by atoms with Crippen LogP contribution in [0.1, 0.15) is 19.2 Å². The predicted molar refractivity (Wildman–Crippen MR) is 67.3 cm³/mol. The zero-order valence-electron chi connectivity index (χ0n) is 10.7. The van der Waals surface area contributed by atoms with E-state index in [4.69, 9.17) is 0 Å². The van der Waals surface area contributed by atoms with Gasteiger partial charge in [-0.2, -0.15) is 5.10 Å². The number of carboxylic acid groups (broad SMARTS) is 1. The highest BCUT2D eigenvalue weighted by Crippen LogP contribution is 2.28. The Labute approximate surface area is 111 Å². The summed E-state index contributed by atoms with van der Waals surface area (Å²) in [6.07, 6.45) is 2.03. The molecule has 0 aliphatic carbocycles. The molecule has 1 fully saturated rings. The molecule has 2 heterocycles. The summed E-state index contributed by atoms with van der Waals surface area (Å²) in [5.41, 5.74) is 0. The number of nitrogens with zero attached hydrogens (tertiary/aromatic N) is 3. The third-order valence-electron chi connectivity index (χ3n) is 3.55. The lowest BCUT2D eigenvalue weighted by Crippen LogP contribution is -2.28. The number of aromatic nitrogens is 3. The van der Waals surface area contributed by atoms with Crippen molar-refractivity contribution in [1.82, 2.24) is 14.8 Å². The van der Waals surface area contributed by atoms with Gasteiger partial charge in [0.05, 0.1) is 17.4 Å². The maximum Gasteiger partial charge on any atom is 0.307 e. The van der Waals surface area contributed by atoms with Gasteiger partial charge in [0.1, 0.15) is 12.2 Å². The van der Waals surface area contributed by atoms with Gasteiger partial charge in [0.2, 0.25) is 0 Å². The fourth-order valence-electron chi connectivity index (χ4n) is 2.50. The summed E-state index contributed by atoms with van der Waals surface area (Å²) >= 11 is 0. The highest BCUT2D eigenvalue weighted by atomic mass is 32.2. The standard InChI is InChI=1S/C11H17N3O4S/c1-2-14-10(12-7-13-14)5-9(11(15)16)8-3-4-19(17,18)6-8/h7-9H,2-6H2,1H3,(H,15,16). The van der Waals surface area contributed by atoms with Gasteiger partial charge in [-0.05, 0) is 19.3 Å². The number of rotatable bonds is 5. The van der Waals surface area contributed by atoms with E-state index >= 15 is 0 Å². The highest BCUT2D eigenvalue weighted by molar-refractivity contribution is 7.91. The Morgan fingerprint density at radius 2 is 2.37 bits per heavy atom. The molecule has 106 valence electrons. The van der Waals surface area contributed by atoms with Crippen molar-refractivity contribution >= 4 is 15.8 Å². The Kier molecular flexibility index (Phi) is 3.88. The second-order valence-electron chi connectivity index (χ2n) is 4.80. The Morgan fingerprint density at radius 1 is 1.63 bits per heavy atom. The molecule has 0 aromatic carbocycles. The molecule has 8 heteroatoms. The molecule has 1 aliphatic heterocycles. The Bertz CT molecular complexity index is 566. The van der Waals surface area contributed by atoms with E-state index in [9.17, 15) is 18.3 Å². The average molecular weight is 287 g/mol. The molecule has 7 nitrogen and oxygen atoms in total. The Balaban J connectivity index is 2.16. The maximum atomic E-state index is 11.5. The summed E-state index contributed by atoms with van der Waals surface area (Å²) in [4.78, 5) is 15.4. The molecule has 0 bridgehead atoms. The minimum Gasteiger partial charge on any atom is -0.481 e. The van der Waals surface area contributed by atoms with Crippen LogP contribution in [-0.4, -0.2) is 45.8 Å². The third kappa shape index (κ3) is 3.12. The molecule has 1 aromatic heterocycles. The second-order valence-corrected chi connectivity index (χ2v) is 7.03. The van der Waals surface area contributed by atoms with Crippen LogP contribution in [0.25, 0.3) is 0 Å². The van der Waals surface area contributed by atoms with Crippen LogP contribution < -0.4 is 0 Å². The van der Waals surface area contributed by atoms with Gasteiger partial charge in [-0.15, -0.1) is 0 Å². The summed E-state index contributed by atoms with van der Waals surface area (Å²) in [7, 11) is -3.07. The van der Waals surface area contributed by atoms with Crippen molar-refractivity contribution in [2.24, 2.45) is 11.8 Å². The molecule has 19 heavy (non-hydrogen) atoms. The van der Waals surface area contributed by atoms with Gasteiger partial charge in [0.25, 0.3) is 0 Å². The smallest absolute Gasteiger partial charge is 0.307 e. The van der Waals surface area contributed by atoms with Crippen molar-refractivity contribution in [2.75, 3.05) is 11.5 Å². The molecule has 1 N–H and O–H groups in total. The van der Waals surface area contributed by atoms with Crippen LogP contribution in [0.5, 0.6) is 0 Å². The lowest BCUT2D eigenvalue weighted by molar-refractivity contribution is -0.143. The van der Waals surface area contributed by atoms with E-state index in [2.05, 4.69) is 10.1 Å². The quantitative estimate of drug-likeness (QED) is 0.816. The molecule has 0 saturated carbocycles. The average Bonchev–Trinajstić information content (AvgIpc) is 2.91. The monoisotopic (exact) mass is 287 g/mol. The minimum atomic E-state index is -3.07. The lowest BCUT2D eigenvalue weighted by atomic mass is 9.89. The molecule has 0 spiro atoms. The number of aliphatic carboxylic acids is 1. The first-order chi connectivity index (χ1) is 8.93. The van der Waals surface area contributed by atoms with Gasteiger partial charge in [-0.3, -0.25) is 9.48 Å². The van der Waals surface area contributed by atoms with Gasteiger partial charge < -0.3 is 5.11 Å². The van der Waals surface area contributed by atoms with Crippen molar-refractivity contribution in [2.45, 2.75) is 26.3 Å². The van der Waals surface area contributed by atoms with Crippen LogP contribution >= 0.6 is 0 Å². The van der Waals surface area contributed by atoms with Crippen molar-refractivity contribution in [1.29, 1.82) is 0 Å². The van der Waals surface area contributed by atoms with Crippen LogP contribution in [0, 0.1) is 11.8 Å². The molecule has 2 unspecified atom stereocenters. The minimum absolute atomic E-state index is 0.0375. The van der Waals surface area contributed by atoms with Crippen LogP contribution in [0.3, 0.4) is 0 Å². The number of hydrogen-bond acceptors (Lipinski definition) is 5. The molecule has 1 aromatic rings. The van der Waals surface area contributed by atoms with E-state index in [-0.39, 0.29) is 23.8 Å². The maximum absolute atomic E-state index is 11.5. The molecule has 0 radical (unpaired) electrons. The molecule has 1 saturated heterocycles. The molecule has 2 atom stereocenters. The van der Waals surface area contributed by atoms with Crippen molar-refractivity contribution in [3.8, 4) is 0 Å². The number of aryl methyl sites for hydroxylation is 1. The van der Waals surface area contributed by atoms with Crippen LogP contribution in [0.4, 0.5) is 0 Å². The van der Waals surface area contributed by atoms with E-state index < -0.39 is 21.7 Å². The zero-order valence-corrected chi connectivity index (χ0v) is 11.5. The lowest BCUT2D eigenvalue weighted by Gasteiger charge is -2.17. The summed E-state index contributed by atoms with van der Waals surface area (Å²) in [6.45, 7) is 2.51. The van der Waals surface area contributed by atoms with Crippen molar-refractivity contribution in [3.63, 3.8) is 0 Å². The number of sulfone groups is 1. The number of carboxylic acids is 1. The van der Waals surface area contributed by atoms with E-state index in [1.165, 1.54) is 6.33 Å². The van der Waals surface area contributed by atoms with Crippen LogP contribution in [0.2, 0.25) is 0 Å². The fourth-order valence-corrected chi connectivity index (χ4v) is 4.38. The molecular formula is C11H17N3O4S. The van der Waals surface area contributed by atoms with Crippen molar-refractivity contribution < 1.29 is 18.3 Å².